The van der Waals surface area contributed by atoms with Crippen molar-refractivity contribution in [3.05, 3.63) is 29.0 Å². The standard InChI is InChI=1S/C16H27ClN4.HI/c1-4-13(5-2)11-21-16(18-6-3)19-10-9-14-7-8-15(17)20-12-14;/h7-8,12-13H,4-6,9-11H2,1-3H3,(H2,18,19,21);1H. The second-order valence-corrected chi connectivity index (χ2v) is 5.46. The fourth-order valence-electron chi connectivity index (χ4n) is 1.99. The maximum Gasteiger partial charge on any atom is 0.191 e. The lowest BCUT2D eigenvalue weighted by Crippen LogP contribution is -2.38. The van der Waals surface area contributed by atoms with Crippen molar-refractivity contribution in [2.45, 2.75) is 40.0 Å². The zero-order chi connectivity index (χ0) is 15.5. The molecule has 22 heavy (non-hydrogen) atoms. The van der Waals surface area contributed by atoms with Gasteiger partial charge < -0.3 is 10.6 Å². The summed E-state index contributed by atoms with van der Waals surface area (Å²) in [6.07, 6.45) is 5.07. The summed E-state index contributed by atoms with van der Waals surface area (Å²) in [5.41, 5.74) is 1.17. The molecule has 4 nitrogen and oxygen atoms in total. The van der Waals surface area contributed by atoms with Gasteiger partial charge in [0.15, 0.2) is 5.96 Å². The molecule has 0 saturated carbocycles. The molecule has 0 fully saturated rings. The first-order valence-electron chi connectivity index (χ1n) is 7.82. The van der Waals surface area contributed by atoms with Gasteiger partial charge in [-0.15, -0.1) is 24.0 Å². The van der Waals surface area contributed by atoms with Crippen LogP contribution in [0.2, 0.25) is 5.15 Å². The van der Waals surface area contributed by atoms with Crippen molar-refractivity contribution >= 4 is 41.5 Å². The monoisotopic (exact) mass is 438 g/mol. The van der Waals surface area contributed by atoms with Crippen molar-refractivity contribution < 1.29 is 0 Å². The van der Waals surface area contributed by atoms with E-state index in [1.54, 1.807) is 0 Å². The van der Waals surface area contributed by atoms with E-state index in [2.05, 4.69) is 41.4 Å². The van der Waals surface area contributed by atoms with Crippen LogP contribution in [0.1, 0.15) is 39.2 Å². The summed E-state index contributed by atoms with van der Waals surface area (Å²) < 4.78 is 0. The zero-order valence-corrected chi connectivity index (χ0v) is 16.8. The molecular formula is C16H28ClIN4. The molecule has 0 bridgehead atoms. The Morgan fingerprint density at radius 1 is 1.23 bits per heavy atom. The van der Waals surface area contributed by atoms with E-state index < -0.39 is 0 Å². The highest BCUT2D eigenvalue weighted by Gasteiger charge is 2.03. The molecule has 0 saturated heterocycles. The normalized spacial score (nSPS) is 11.2. The number of hydrogen-bond donors (Lipinski definition) is 2. The van der Waals surface area contributed by atoms with Gasteiger partial charge in [-0.05, 0) is 30.9 Å². The Bertz CT molecular complexity index is 419. The van der Waals surface area contributed by atoms with E-state index in [1.165, 1.54) is 18.4 Å². The third-order valence-corrected chi connectivity index (χ3v) is 3.72. The van der Waals surface area contributed by atoms with Crippen LogP contribution in [0.25, 0.3) is 0 Å². The van der Waals surface area contributed by atoms with Gasteiger partial charge in [0.05, 0.1) is 0 Å². The van der Waals surface area contributed by atoms with E-state index in [0.717, 1.165) is 32.0 Å². The molecule has 0 radical (unpaired) electrons. The molecule has 0 aromatic carbocycles. The summed E-state index contributed by atoms with van der Waals surface area (Å²) in [7, 11) is 0. The van der Waals surface area contributed by atoms with Crippen LogP contribution in [-0.2, 0) is 6.42 Å². The van der Waals surface area contributed by atoms with Crippen molar-refractivity contribution in [1.29, 1.82) is 0 Å². The molecule has 0 aliphatic rings. The number of aliphatic imine (C=N–C) groups is 1. The van der Waals surface area contributed by atoms with Gasteiger partial charge in [-0.3, -0.25) is 4.99 Å². The number of nitrogens with zero attached hydrogens (tertiary/aromatic N) is 2. The van der Waals surface area contributed by atoms with Crippen molar-refractivity contribution in [3.8, 4) is 0 Å². The molecule has 1 rings (SSSR count). The van der Waals surface area contributed by atoms with Gasteiger partial charge in [0.25, 0.3) is 0 Å². The molecule has 1 aromatic rings. The van der Waals surface area contributed by atoms with Crippen molar-refractivity contribution in [2.24, 2.45) is 10.9 Å². The Labute approximate surface area is 156 Å². The van der Waals surface area contributed by atoms with Gasteiger partial charge in [-0.1, -0.05) is 44.4 Å². The van der Waals surface area contributed by atoms with E-state index >= 15 is 0 Å². The molecule has 0 unspecified atom stereocenters. The molecule has 0 aliphatic heterocycles. The maximum absolute atomic E-state index is 5.78. The van der Waals surface area contributed by atoms with Gasteiger partial charge in [0.2, 0.25) is 0 Å². The predicted octanol–water partition coefficient (Wildman–Crippen LogP) is 3.89. The van der Waals surface area contributed by atoms with Crippen LogP contribution in [0, 0.1) is 5.92 Å². The van der Waals surface area contributed by atoms with Crippen molar-refractivity contribution in [2.75, 3.05) is 19.6 Å². The topological polar surface area (TPSA) is 49.3 Å². The number of aromatic nitrogens is 1. The lowest BCUT2D eigenvalue weighted by molar-refractivity contribution is 0.504. The van der Waals surface area contributed by atoms with Gasteiger partial charge in [0, 0.05) is 25.8 Å². The quantitative estimate of drug-likeness (QED) is 0.280. The first-order chi connectivity index (χ1) is 10.2. The lowest BCUT2D eigenvalue weighted by atomic mass is 10.0. The molecule has 6 heteroatoms. The van der Waals surface area contributed by atoms with E-state index in [0.29, 0.717) is 11.1 Å². The highest BCUT2D eigenvalue weighted by molar-refractivity contribution is 14.0. The average molecular weight is 439 g/mol. The molecule has 126 valence electrons. The van der Waals surface area contributed by atoms with Crippen LogP contribution < -0.4 is 10.6 Å². The number of guanidine groups is 1. The molecule has 1 heterocycles. The first kappa shape index (κ1) is 21.4. The van der Waals surface area contributed by atoms with Crippen molar-refractivity contribution in [3.63, 3.8) is 0 Å². The van der Waals surface area contributed by atoms with Gasteiger partial charge in [-0.2, -0.15) is 0 Å². The maximum atomic E-state index is 5.78. The molecule has 2 N–H and O–H groups in total. The van der Waals surface area contributed by atoms with E-state index in [-0.39, 0.29) is 24.0 Å². The van der Waals surface area contributed by atoms with Crippen LogP contribution in [0.4, 0.5) is 0 Å². The van der Waals surface area contributed by atoms with Crippen LogP contribution >= 0.6 is 35.6 Å². The fourth-order valence-corrected chi connectivity index (χ4v) is 2.10. The highest BCUT2D eigenvalue weighted by Crippen LogP contribution is 2.07. The number of hydrogen-bond acceptors (Lipinski definition) is 2. The third-order valence-electron chi connectivity index (χ3n) is 3.50. The zero-order valence-electron chi connectivity index (χ0n) is 13.7. The predicted molar refractivity (Wildman–Crippen MR) is 106 cm³/mol. The lowest BCUT2D eigenvalue weighted by Gasteiger charge is -2.14. The third kappa shape index (κ3) is 8.78. The summed E-state index contributed by atoms with van der Waals surface area (Å²) >= 11 is 5.78. The number of nitrogens with one attached hydrogen (secondary N) is 2. The van der Waals surface area contributed by atoms with E-state index in [4.69, 9.17) is 11.6 Å². The van der Waals surface area contributed by atoms with Gasteiger partial charge in [-0.25, -0.2) is 4.98 Å². The Balaban J connectivity index is 0.00000441. The molecule has 0 amide bonds. The van der Waals surface area contributed by atoms with E-state index in [9.17, 15) is 0 Å². The van der Waals surface area contributed by atoms with Crippen LogP contribution in [0.3, 0.4) is 0 Å². The number of rotatable bonds is 8. The van der Waals surface area contributed by atoms with Crippen molar-refractivity contribution in [1.82, 2.24) is 15.6 Å². The molecule has 0 atom stereocenters. The number of pyridine rings is 1. The van der Waals surface area contributed by atoms with Gasteiger partial charge >= 0.3 is 0 Å². The minimum atomic E-state index is 0. The molecular weight excluding hydrogens is 411 g/mol. The summed E-state index contributed by atoms with van der Waals surface area (Å²) in [6, 6.07) is 3.83. The minimum Gasteiger partial charge on any atom is -0.357 e. The Kier molecular flexibility index (Phi) is 12.6. The Morgan fingerprint density at radius 3 is 2.50 bits per heavy atom. The molecule has 0 spiro atoms. The number of halogens is 2. The summed E-state index contributed by atoms with van der Waals surface area (Å²) in [5, 5.41) is 7.18. The summed E-state index contributed by atoms with van der Waals surface area (Å²) in [5.74, 6) is 1.56. The smallest absolute Gasteiger partial charge is 0.191 e. The van der Waals surface area contributed by atoms with Gasteiger partial charge in [0.1, 0.15) is 5.15 Å². The van der Waals surface area contributed by atoms with Crippen LogP contribution in [0.15, 0.2) is 23.3 Å². The van der Waals surface area contributed by atoms with Crippen LogP contribution in [-0.4, -0.2) is 30.6 Å². The fraction of sp³-hybridized carbons (Fsp3) is 0.625. The highest BCUT2D eigenvalue weighted by atomic mass is 127. The van der Waals surface area contributed by atoms with E-state index in [1.807, 2.05) is 18.3 Å². The Morgan fingerprint density at radius 2 is 1.95 bits per heavy atom. The second-order valence-electron chi connectivity index (χ2n) is 5.07. The first-order valence-corrected chi connectivity index (χ1v) is 8.19. The molecule has 0 aliphatic carbocycles. The largest absolute Gasteiger partial charge is 0.357 e. The Hall–Kier alpha value is -0.560. The summed E-state index contributed by atoms with van der Waals surface area (Å²) in [6.45, 7) is 9.10. The average Bonchev–Trinajstić information content (AvgIpc) is 2.50. The molecule has 1 aromatic heterocycles. The summed E-state index contributed by atoms with van der Waals surface area (Å²) in [4.78, 5) is 8.75. The SMILES string of the molecule is CCNC(=NCC(CC)CC)NCCc1ccc(Cl)nc1.I. The second kappa shape index (κ2) is 12.9. The van der Waals surface area contributed by atoms with Crippen LogP contribution in [0.5, 0.6) is 0 Å². The minimum absolute atomic E-state index is 0.